The van der Waals surface area contributed by atoms with Crippen molar-refractivity contribution in [1.82, 2.24) is 13.8 Å². The smallest absolute Gasteiger partial charge is 0.253 e. The van der Waals surface area contributed by atoms with E-state index in [0.717, 1.165) is 26.5 Å². The third-order valence-electron chi connectivity index (χ3n) is 5.50. The van der Waals surface area contributed by atoms with Crippen LogP contribution in [0.15, 0.2) is 59.3 Å². The molecule has 32 heavy (non-hydrogen) atoms. The Balaban J connectivity index is 2.33. The van der Waals surface area contributed by atoms with E-state index in [1.807, 2.05) is 23.6 Å². The van der Waals surface area contributed by atoms with Crippen molar-refractivity contribution in [3.8, 4) is 11.1 Å². The van der Waals surface area contributed by atoms with E-state index in [-0.39, 0.29) is 23.2 Å². The number of hydrogen-bond acceptors (Lipinski definition) is 3. The molecule has 0 bridgehead atoms. The summed E-state index contributed by atoms with van der Waals surface area (Å²) in [5, 5.41) is 0.763. The van der Waals surface area contributed by atoms with Gasteiger partial charge in [-0.15, -0.1) is 0 Å². The van der Waals surface area contributed by atoms with Crippen LogP contribution in [0.5, 0.6) is 0 Å². The number of benzene rings is 2. The standard InChI is InChI=1S/C24H28FN3O3S/c1-7-19(25)15-28-16(2)23(17-9-8-10-20(13-17)32(30,31)27(5)6)21-14-18(11-12-22(21)28)24(29)26(3)4/h7-14H,15H2,1-6H3. The average molecular weight is 458 g/mol. The van der Waals surface area contributed by atoms with Gasteiger partial charge in [-0.25, -0.2) is 17.1 Å². The predicted octanol–water partition coefficient (Wildman–Crippen LogP) is 4.44. The van der Waals surface area contributed by atoms with E-state index in [1.165, 1.54) is 25.1 Å². The number of allylic oxidation sites excluding steroid dienone is 2. The van der Waals surface area contributed by atoms with Crippen LogP contribution in [0.3, 0.4) is 0 Å². The maximum absolute atomic E-state index is 14.3. The molecule has 0 saturated carbocycles. The highest BCUT2D eigenvalue weighted by atomic mass is 32.2. The molecule has 1 amide bonds. The van der Waals surface area contributed by atoms with E-state index in [1.54, 1.807) is 51.4 Å². The summed E-state index contributed by atoms with van der Waals surface area (Å²) in [6.45, 7) is 3.56. The highest BCUT2D eigenvalue weighted by Gasteiger charge is 2.22. The van der Waals surface area contributed by atoms with Gasteiger partial charge in [-0.2, -0.15) is 0 Å². The van der Waals surface area contributed by atoms with Crippen LogP contribution in [0.2, 0.25) is 0 Å². The fraction of sp³-hybridized carbons (Fsp3) is 0.292. The third kappa shape index (κ3) is 4.20. The van der Waals surface area contributed by atoms with Gasteiger partial charge in [0.05, 0.1) is 11.4 Å². The quantitative estimate of drug-likeness (QED) is 0.550. The fourth-order valence-corrected chi connectivity index (χ4v) is 4.65. The molecule has 0 saturated heterocycles. The van der Waals surface area contributed by atoms with Crippen molar-refractivity contribution < 1.29 is 17.6 Å². The predicted molar refractivity (Wildman–Crippen MR) is 126 cm³/mol. The molecule has 0 aliphatic rings. The maximum Gasteiger partial charge on any atom is 0.253 e. The van der Waals surface area contributed by atoms with Crippen molar-refractivity contribution in [2.45, 2.75) is 25.3 Å². The number of carbonyl (C=O) groups is 1. The molecular weight excluding hydrogens is 429 g/mol. The Morgan fingerprint density at radius 2 is 1.78 bits per heavy atom. The summed E-state index contributed by atoms with van der Waals surface area (Å²) in [6.07, 6.45) is 1.42. The second kappa shape index (κ2) is 8.88. The van der Waals surface area contributed by atoms with Crippen LogP contribution in [0, 0.1) is 6.92 Å². The lowest BCUT2D eigenvalue weighted by Crippen LogP contribution is -2.22. The second-order valence-electron chi connectivity index (χ2n) is 8.03. The van der Waals surface area contributed by atoms with Crippen LogP contribution in [0.4, 0.5) is 4.39 Å². The van der Waals surface area contributed by atoms with Gasteiger partial charge < -0.3 is 9.47 Å². The summed E-state index contributed by atoms with van der Waals surface area (Å²) in [5.74, 6) is -0.430. The van der Waals surface area contributed by atoms with Gasteiger partial charge in [0.2, 0.25) is 10.0 Å². The SMILES string of the molecule is CC=C(F)Cn1c(C)c(-c2cccc(S(=O)(=O)N(C)C)c2)c2cc(C(=O)N(C)C)ccc21. The highest BCUT2D eigenvalue weighted by molar-refractivity contribution is 7.89. The number of fused-ring (bicyclic) bond motifs is 1. The molecule has 0 aliphatic heterocycles. The van der Waals surface area contributed by atoms with Gasteiger partial charge in [0, 0.05) is 55.9 Å². The Morgan fingerprint density at radius 1 is 1.09 bits per heavy atom. The van der Waals surface area contributed by atoms with Gasteiger partial charge in [0.25, 0.3) is 5.91 Å². The van der Waals surface area contributed by atoms with Crippen molar-refractivity contribution in [3.05, 3.63) is 65.6 Å². The lowest BCUT2D eigenvalue weighted by atomic mass is 10.0. The number of sulfonamides is 1. The summed E-state index contributed by atoms with van der Waals surface area (Å²) in [6, 6.07) is 12.0. The molecule has 1 heterocycles. The molecule has 0 fully saturated rings. The zero-order chi connectivity index (χ0) is 23.8. The van der Waals surface area contributed by atoms with Crippen LogP contribution in [0.1, 0.15) is 23.0 Å². The number of nitrogens with zero attached hydrogens (tertiary/aromatic N) is 3. The van der Waals surface area contributed by atoms with Crippen molar-refractivity contribution in [2.75, 3.05) is 28.2 Å². The fourth-order valence-electron chi connectivity index (χ4n) is 3.71. The van der Waals surface area contributed by atoms with Crippen molar-refractivity contribution in [1.29, 1.82) is 0 Å². The minimum Gasteiger partial charge on any atom is -0.345 e. The van der Waals surface area contributed by atoms with Crippen LogP contribution in [0.25, 0.3) is 22.0 Å². The first-order chi connectivity index (χ1) is 15.0. The van der Waals surface area contributed by atoms with E-state index < -0.39 is 10.0 Å². The minimum absolute atomic E-state index is 0.0511. The first-order valence-electron chi connectivity index (χ1n) is 10.2. The molecule has 2 aromatic carbocycles. The van der Waals surface area contributed by atoms with Crippen LogP contribution in [-0.4, -0.2) is 56.3 Å². The van der Waals surface area contributed by atoms with Gasteiger partial charge in [-0.3, -0.25) is 4.79 Å². The molecule has 0 N–H and O–H groups in total. The summed E-state index contributed by atoms with van der Waals surface area (Å²) in [5.41, 5.74) is 3.51. The molecule has 0 unspecified atom stereocenters. The molecule has 3 aromatic rings. The van der Waals surface area contributed by atoms with Gasteiger partial charge >= 0.3 is 0 Å². The molecule has 0 spiro atoms. The van der Waals surface area contributed by atoms with E-state index in [4.69, 9.17) is 0 Å². The third-order valence-corrected chi connectivity index (χ3v) is 7.31. The number of amides is 1. The van der Waals surface area contributed by atoms with E-state index in [2.05, 4.69) is 0 Å². The maximum atomic E-state index is 14.3. The Labute approximate surface area is 188 Å². The first kappa shape index (κ1) is 23.7. The molecule has 0 aliphatic carbocycles. The van der Waals surface area contributed by atoms with Crippen LogP contribution in [-0.2, 0) is 16.6 Å². The zero-order valence-electron chi connectivity index (χ0n) is 19.2. The van der Waals surface area contributed by atoms with E-state index >= 15 is 0 Å². The monoisotopic (exact) mass is 457 g/mol. The number of rotatable bonds is 6. The Morgan fingerprint density at radius 3 is 2.38 bits per heavy atom. The molecule has 3 rings (SSSR count). The molecule has 170 valence electrons. The van der Waals surface area contributed by atoms with Gasteiger partial charge in [-0.1, -0.05) is 18.2 Å². The normalized spacial score (nSPS) is 12.6. The molecular formula is C24H28FN3O3S. The van der Waals surface area contributed by atoms with Gasteiger partial charge in [-0.05, 0) is 49.7 Å². The van der Waals surface area contributed by atoms with Gasteiger partial charge in [0.15, 0.2) is 0 Å². The minimum atomic E-state index is -3.63. The van der Waals surface area contributed by atoms with Crippen LogP contribution < -0.4 is 0 Å². The van der Waals surface area contributed by atoms with Crippen LogP contribution >= 0.6 is 0 Å². The van der Waals surface area contributed by atoms with E-state index in [0.29, 0.717) is 11.1 Å². The molecule has 8 heteroatoms. The molecule has 1 aromatic heterocycles. The lowest BCUT2D eigenvalue weighted by molar-refractivity contribution is 0.0827. The molecule has 0 radical (unpaired) electrons. The lowest BCUT2D eigenvalue weighted by Gasteiger charge is -2.13. The van der Waals surface area contributed by atoms with Gasteiger partial charge in [0.1, 0.15) is 5.83 Å². The number of hydrogen-bond donors (Lipinski definition) is 0. The Kier molecular flexibility index (Phi) is 6.57. The number of carbonyl (C=O) groups excluding carboxylic acids is 1. The second-order valence-corrected chi connectivity index (χ2v) is 10.2. The first-order valence-corrected chi connectivity index (χ1v) is 11.6. The number of halogens is 1. The summed E-state index contributed by atoms with van der Waals surface area (Å²) < 4.78 is 42.6. The molecule has 6 nitrogen and oxygen atoms in total. The van der Waals surface area contributed by atoms with Crippen molar-refractivity contribution in [2.24, 2.45) is 0 Å². The Hall–Kier alpha value is -2.97. The van der Waals surface area contributed by atoms with E-state index in [9.17, 15) is 17.6 Å². The topological polar surface area (TPSA) is 62.6 Å². The zero-order valence-corrected chi connectivity index (χ0v) is 20.0. The summed E-state index contributed by atoms with van der Waals surface area (Å²) >= 11 is 0. The summed E-state index contributed by atoms with van der Waals surface area (Å²) in [4.78, 5) is 14.2. The largest absolute Gasteiger partial charge is 0.345 e. The summed E-state index contributed by atoms with van der Waals surface area (Å²) in [7, 11) is 2.71. The highest BCUT2D eigenvalue weighted by Crippen LogP contribution is 2.37. The molecule has 0 atom stereocenters. The van der Waals surface area contributed by atoms with Crippen molar-refractivity contribution in [3.63, 3.8) is 0 Å². The van der Waals surface area contributed by atoms with Crippen molar-refractivity contribution >= 4 is 26.8 Å². The Bertz CT molecular complexity index is 1320. The number of aromatic nitrogens is 1. The average Bonchev–Trinajstić information content (AvgIpc) is 3.03.